The molecule has 0 aliphatic rings. The molecule has 1 aromatic heterocycles. The number of anilines is 1. The van der Waals surface area contributed by atoms with E-state index in [1.54, 1.807) is 0 Å². The van der Waals surface area contributed by atoms with Gasteiger partial charge in [0.1, 0.15) is 0 Å². The highest BCUT2D eigenvalue weighted by Gasteiger charge is 2.18. The molecule has 3 aromatic rings. The quantitative estimate of drug-likeness (QED) is 0.752. The minimum atomic E-state index is -0.313. The average Bonchev–Trinajstić information content (AvgIpc) is 2.97. The summed E-state index contributed by atoms with van der Waals surface area (Å²) in [5.41, 5.74) is 2.86. The standard InChI is InChI=1S/C19H20N4O2/c1-13(15-8-4-3-5-9-15)23-17-11-7-6-10-16(17)21-19(23)22-18(25)12-20-14(2)24/h3-11,13H,12H2,1-2H3,(H,20,24)(H,21,22,25)/t13-/m0/s1. The zero-order valence-corrected chi connectivity index (χ0v) is 14.2. The number of carbonyl (C=O) groups is 2. The Morgan fingerprint density at radius 2 is 1.76 bits per heavy atom. The van der Waals surface area contributed by atoms with Crippen LogP contribution in [0.4, 0.5) is 5.95 Å². The highest BCUT2D eigenvalue weighted by molar-refractivity contribution is 5.94. The van der Waals surface area contributed by atoms with E-state index in [0.717, 1.165) is 16.6 Å². The van der Waals surface area contributed by atoms with E-state index in [1.165, 1.54) is 6.92 Å². The van der Waals surface area contributed by atoms with Crippen molar-refractivity contribution in [1.29, 1.82) is 0 Å². The number of imidazole rings is 1. The number of rotatable bonds is 5. The maximum atomic E-state index is 12.1. The van der Waals surface area contributed by atoms with Crippen LogP contribution in [0.3, 0.4) is 0 Å². The summed E-state index contributed by atoms with van der Waals surface area (Å²) in [5, 5.41) is 5.30. The molecule has 0 unspecified atom stereocenters. The number of nitrogens with zero attached hydrogens (tertiary/aromatic N) is 2. The predicted octanol–water partition coefficient (Wildman–Crippen LogP) is 2.72. The molecule has 0 bridgehead atoms. The first-order valence-electron chi connectivity index (χ1n) is 8.12. The van der Waals surface area contributed by atoms with Gasteiger partial charge in [-0.3, -0.25) is 14.9 Å². The van der Waals surface area contributed by atoms with Gasteiger partial charge in [-0.25, -0.2) is 4.98 Å². The smallest absolute Gasteiger partial charge is 0.246 e. The number of para-hydroxylation sites is 2. The number of benzene rings is 2. The van der Waals surface area contributed by atoms with E-state index in [9.17, 15) is 9.59 Å². The van der Waals surface area contributed by atoms with Gasteiger partial charge in [-0.2, -0.15) is 0 Å². The average molecular weight is 336 g/mol. The molecule has 2 aromatic carbocycles. The maximum Gasteiger partial charge on any atom is 0.246 e. The van der Waals surface area contributed by atoms with Crippen LogP contribution in [0.25, 0.3) is 11.0 Å². The van der Waals surface area contributed by atoms with E-state index in [0.29, 0.717) is 5.95 Å². The van der Waals surface area contributed by atoms with E-state index >= 15 is 0 Å². The fourth-order valence-electron chi connectivity index (χ4n) is 2.78. The van der Waals surface area contributed by atoms with Gasteiger partial charge in [-0.1, -0.05) is 42.5 Å². The molecule has 2 amide bonds. The van der Waals surface area contributed by atoms with Crippen molar-refractivity contribution in [2.24, 2.45) is 0 Å². The summed E-state index contributed by atoms with van der Waals surface area (Å²) in [7, 11) is 0. The number of fused-ring (bicyclic) bond motifs is 1. The van der Waals surface area contributed by atoms with E-state index < -0.39 is 0 Å². The van der Waals surface area contributed by atoms with E-state index in [4.69, 9.17) is 0 Å². The van der Waals surface area contributed by atoms with Gasteiger partial charge in [0.2, 0.25) is 17.8 Å². The minimum Gasteiger partial charge on any atom is -0.347 e. The number of carbonyl (C=O) groups excluding carboxylic acids is 2. The first-order chi connectivity index (χ1) is 12.1. The number of hydrogen-bond donors (Lipinski definition) is 2. The first-order valence-corrected chi connectivity index (χ1v) is 8.12. The van der Waals surface area contributed by atoms with Gasteiger partial charge >= 0.3 is 0 Å². The Kier molecular flexibility index (Phi) is 4.79. The summed E-state index contributed by atoms with van der Waals surface area (Å²) in [6, 6.07) is 17.8. The van der Waals surface area contributed by atoms with Gasteiger partial charge in [-0.15, -0.1) is 0 Å². The molecule has 0 saturated carbocycles. The first kappa shape index (κ1) is 16.7. The van der Waals surface area contributed by atoms with Crippen molar-refractivity contribution < 1.29 is 9.59 Å². The zero-order valence-electron chi connectivity index (χ0n) is 14.2. The Labute approximate surface area is 145 Å². The van der Waals surface area contributed by atoms with Crippen LogP contribution in [0.5, 0.6) is 0 Å². The molecule has 1 atom stereocenters. The molecule has 2 N–H and O–H groups in total. The Morgan fingerprint density at radius 1 is 1.08 bits per heavy atom. The van der Waals surface area contributed by atoms with Crippen molar-refractivity contribution in [2.45, 2.75) is 19.9 Å². The van der Waals surface area contributed by atoms with E-state index in [2.05, 4.69) is 22.5 Å². The lowest BCUT2D eigenvalue weighted by Crippen LogP contribution is -2.32. The van der Waals surface area contributed by atoms with Gasteiger partial charge in [0, 0.05) is 6.92 Å². The van der Waals surface area contributed by atoms with Crippen LogP contribution in [0.15, 0.2) is 54.6 Å². The lowest BCUT2D eigenvalue weighted by atomic mass is 10.1. The number of amides is 2. The third-order valence-electron chi connectivity index (χ3n) is 4.01. The molecule has 3 rings (SSSR count). The molecule has 1 heterocycles. The summed E-state index contributed by atoms with van der Waals surface area (Å²) in [6.07, 6.45) is 0. The summed E-state index contributed by atoms with van der Waals surface area (Å²) < 4.78 is 2.00. The molecular weight excluding hydrogens is 316 g/mol. The maximum absolute atomic E-state index is 12.1. The molecule has 0 fully saturated rings. The lowest BCUT2D eigenvalue weighted by Gasteiger charge is -2.18. The largest absolute Gasteiger partial charge is 0.347 e. The summed E-state index contributed by atoms with van der Waals surface area (Å²) in [4.78, 5) is 27.7. The van der Waals surface area contributed by atoms with Crippen molar-refractivity contribution in [1.82, 2.24) is 14.9 Å². The van der Waals surface area contributed by atoms with Gasteiger partial charge in [-0.05, 0) is 24.6 Å². The molecule has 0 spiro atoms. The molecule has 128 valence electrons. The molecule has 6 heteroatoms. The molecule has 25 heavy (non-hydrogen) atoms. The van der Waals surface area contributed by atoms with Gasteiger partial charge in [0.15, 0.2) is 0 Å². The fourth-order valence-corrected chi connectivity index (χ4v) is 2.78. The highest BCUT2D eigenvalue weighted by atomic mass is 16.2. The van der Waals surface area contributed by atoms with Crippen LogP contribution in [0.1, 0.15) is 25.5 Å². The zero-order chi connectivity index (χ0) is 17.8. The third-order valence-corrected chi connectivity index (χ3v) is 4.01. The molecule has 0 radical (unpaired) electrons. The minimum absolute atomic E-state index is 0.00957. The summed E-state index contributed by atoms with van der Waals surface area (Å²) in [5.74, 6) is -0.0961. The second-order valence-corrected chi connectivity index (χ2v) is 5.84. The van der Waals surface area contributed by atoms with Crippen molar-refractivity contribution in [3.63, 3.8) is 0 Å². The molecule has 6 nitrogen and oxygen atoms in total. The number of hydrogen-bond acceptors (Lipinski definition) is 3. The Balaban J connectivity index is 1.97. The Hall–Kier alpha value is -3.15. The second-order valence-electron chi connectivity index (χ2n) is 5.84. The topological polar surface area (TPSA) is 76.0 Å². The summed E-state index contributed by atoms with van der Waals surface area (Å²) >= 11 is 0. The van der Waals surface area contributed by atoms with Gasteiger partial charge in [0.25, 0.3) is 0 Å². The normalized spacial score (nSPS) is 11.9. The van der Waals surface area contributed by atoms with Gasteiger partial charge in [0.05, 0.1) is 23.6 Å². The van der Waals surface area contributed by atoms with E-state index in [1.807, 2.05) is 59.2 Å². The summed E-state index contributed by atoms with van der Waals surface area (Å²) in [6.45, 7) is 3.35. The van der Waals surface area contributed by atoms with E-state index in [-0.39, 0.29) is 24.4 Å². The van der Waals surface area contributed by atoms with Crippen molar-refractivity contribution >= 4 is 28.8 Å². The SMILES string of the molecule is CC(=O)NCC(=O)Nc1nc2ccccc2n1[C@@H](C)c1ccccc1. The Bertz CT molecular complexity index is 902. The van der Waals surface area contributed by atoms with Crippen molar-refractivity contribution in [2.75, 3.05) is 11.9 Å². The van der Waals surface area contributed by atoms with Crippen LogP contribution in [0, 0.1) is 0 Å². The fraction of sp³-hybridized carbons (Fsp3) is 0.211. The van der Waals surface area contributed by atoms with Gasteiger partial charge < -0.3 is 9.88 Å². The molecule has 0 aliphatic carbocycles. The van der Waals surface area contributed by atoms with Crippen molar-refractivity contribution in [3.05, 3.63) is 60.2 Å². The van der Waals surface area contributed by atoms with Crippen molar-refractivity contribution in [3.8, 4) is 0 Å². The second kappa shape index (κ2) is 7.17. The number of aromatic nitrogens is 2. The van der Waals surface area contributed by atoms with Crippen LogP contribution in [0.2, 0.25) is 0 Å². The number of nitrogens with one attached hydrogen (secondary N) is 2. The lowest BCUT2D eigenvalue weighted by molar-refractivity contribution is -0.122. The predicted molar refractivity (Wildman–Crippen MR) is 97.3 cm³/mol. The third kappa shape index (κ3) is 3.68. The monoisotopic (exact) mass is 336 g/mol. The van der Waals surface area contributed by atoms with Crippen LogP contribution >= 0.6 is 0 Å². The molecular formula is C19H20N4O2. The molecule has 0 aliphatic heterocycles. The molecule has 0 saturated heterocycles. The van der Waals surface area contributed by atoms with Crippen LogP contribution < -0.4 is 10.6 Å². The highest BCUT2D eigenvalue weighted by Crippen LogP contribution is 2.28. The van der Waals surface area contributed by atoms with Crippen LogP contribution in [-0.4, -0.2) is 27.9 Å². The van der Waals surface area contributed by atoms with Crippen LogP contribution in [-0.2, 0) is 9.59 Å². The Morgan fingerprint density at radius 3 is 2.48 bits per heavy atom.